The van der Waals surface area contributed by atoms with Crippen molar-refractivity contribution in [2.24, 2.45) is 11.5 Å². The van der Waals surface area contributed by atoms with E-state index in [1.807, 2.05) is 0 Å². The number of nitrogens with two attached hydrogens (primary N) is 4. The highest BCUT2D eigenvalue weighted by molar-refractivity contribution is 5.95. The molecule has 7 nitrogen and oxygen atoms in total. The molecule has 0 heterocycles. The Morgan fingerprint density at radius 1 is 1.05 bits per heavy atom. The fourth-order valence-electron chi connectivity index (χ4n) is 1.85. The van der Waals surface area contributed by atoms with Crippen molar-refractivity contribution in [3.05, 3.63) is 23.8 Å². The maximum absolute atomic E-state index is 11.9. The molecule has 0 fully saturated rings. The highest BCUT2D eigenvalue weighted by atomic mass is 16.1. The second kappa shape index (κ2) is 8.36. The summed E-state index contributed by atoms with van der Waals surface area (Å²) in [6.07, 6.45) is 0. The van der Waals surface area contributed by atoms with Gasteiger partial charge in [0.25, 0.3) is 5.91 Å². The smallest absolute Gasteiger partial charge is 0.251 e. The van der Waals surface area contributed by atoms with Gasteiger partial charge < -0.3 is 28.3 Å². The number of nitrogen functional groups attached to an aromatic ring is 2. The predicted octanol–water partition coefficient (Wildman–Crippen LogP) is -1.20. The number of benzene rings is 1. The molecule has 0 unspecified atom stereocenters. The van der Waals surface area contributed by atoms with Crippen molar-refractivity contribution in [2.45, 2.75) is 0 Å². The fourth-order valence-corrected chi connectivity index (χ4v) is 1.85. The van der Waals surface area contributed by atoms with Gasteiger partial charge in [0.1, 0.15) is 0 Å². The van der Waals surface area contributed by atoms with Crippen LogP contribution in [0.15, 0.2) is 18.2 Å². The molecule has 0 aliphatic carbocycles. The number of carbonyl (C=O) groups is 1. The zero-order valence-electron chi connectivity index (χ0n) is 11.6. The van der Waals surface area contributed by atoms with Crippen LogP contribution < -0.4 is 28.3 Å². The minimum Gasteiger partial charge on any atom is -0.397 e. The summed E-state index contributed by atoms with van der Waals surface area (Å²) < 4.78 is 0. The molecule has 9 N–H and O–H groups in total. The zero-order chi connectivity index (χ0) is 15.0. The van der Waals surface area contributed by atoms with Gasteiger partial charge in [0.2, 0.25) is 0 Å². The normalized spacial score (nSPS) is 10.8. The summed E-state index contributed by atoms with van der Waals surface area (Å²) in [6.45, 7) is 3.92. The van der Waals surface area contributed by atoms with Crippen LogP contribution in [0.3, 0.4) is 0 Å². The molecule has 112 valence electrons. The van der Waals surface area contributed by atoms with Gasteiger partial charge in [0.05, 0.1) is 11.4 Å². The van der Waals surface area contributed by atoms with Gasteiger partial charge in [-0.15, -0.1) is 0 Å². The average Bonchev–Trinajstić information content (AvgIpc) is 2.42. The Labute approximate surface area is 119 Å². The van der Waals surface area contributed by atoms with Crippen LogP contribution in [0.2, 0.25) is 0 Å². The van der Waals surface area contributed by atoms with E-state index in [1.54, 1.807) is 18.2 Å². The highest BCUT2D eigenvalue weighted by Crippen LogP contribution is 2.15. The number of amides is 1. The molecule has 1 amide bonds. The van der Waals surface area contributed by atoms with Gasteiger partial charge >= 0.3 is 0 Å². The standard InChI is InChI=1S/C13H24N6O/c14-3-6-19(7-4-15)8-5-18-13(20)10-1-2-11(16)12(17)9-10/h1-2,9H,3-8,14-17H2,(H,18,20). The Bertz CT molecular complexity index is 431. The molecular weight excluding hydrogens is 256 g/mol. The number of hydrogen-bond donors (Lipinski definition) is 5. The number of carbonyl (C=O) groups excluding carboxylic acids is 1. The summed E-state index contributed by atoms with van der Waals surface area (Å²) >= 11 is 0. The van der Waals surface area contributed by atoms with Crippen molar-refractivity contribution < 1.29 is 4.79 Å². The lowest BCUT2D eigenvalue weighted by molar-refractivity contribution is 0.0949. The van der Waals surface area contributed by atoms with Crippen LogP contribution >= 0.6 is 0 Å². The highest BCUT2D eigenvalue weighted by Gasteiger charge is 2.08. The number of anilines is 2. The van der Waals surface area contributed by atoms with Crippen LogP contribution in [-0.2, 0) is 0 Å². The summed E-state index contributed by atoms with van der Waals surface area (Å²) in [5.41, 5.74) is 23.7. The van der Waals surface area contributed by atoms with E-state index in [9.17, 15) is 4.79 Å². The van der Waals surface area contributed by atoms with Crippen molar-refractivity contribution in [3.63, 3.8) is 0 Å². The first-order valence-electron chi connectivity index (χ1n) is 6.64. The minimum absolute atomic E-state index is 0.169. The monoisotopic (exact) mass is 280 g/mol. The molecule has 0 aliphatic heterocycles. The lowest BCUT2D eigenvalue weighted by Gasteiger charge is -2.20. The number of nitrogens with zero attached hydrogens (tertiary/aromatic N) is 1. The van der Waals surface area contributed by atoms with Gasteiger partial charge in [-0.25, -0.2) is 0 Å². The Morgan fingerprint density at radius 3 is 2.25 bits per heavy atom. The lowest BCUT2D eigenvalue weighted by atomic mass is 10.1. The van der Waals surface area contributed by atoms with Gasteiger partial charge in [-0.3, -0.25) is 9.69 Å². The van der Waals surface area contributed by atoms with Gasteiger partial charge in [0, 0.05) is 44.8 Å². The molecular formula is C13H24N6O. The number of rotatable bonds is 8. The first-order valence-corrected chi connectivity index (χ1v) is 6.64. The number of hydrogen-bond acceptors (Lipinski definition) is 6. The molecule has 7 heteroatoms. The van der Waals surface area contributed by atoms with E-state index < -0.39 is 0 Å². The zero-order valence-corrected chi connectivity index (χ0v) is 11.6. The Hall–Kier alpha value is -1.83. The maximum atomic E-state index is 11.9. The van der Waals surface area contributed by atoms with Crippen molar-refractivity contribution in [1.29, 1.82) is 0 Å². The number of nitrogens with one attached hydrogen (secondary N) is 1. The van der Waals surface area contributed by atoms with E-state index in [0.717, 1.165) is 13.1 Å². The Morgan fingerprint density at radius 2 is 1.70 bits per heavy atom. The Balaban J connectivity index is 2.44. The van der Waals surface area contributed by atoms with E-state index in [1.165, 1.54) is 0 Å². The Kier molecular flexibility index (Phi) is 6.78. The topological polar surface area (TPSA) is 136 Å². The van der Waals surface area contributed by atoms with Gasteiger partial charge in [0.15, 0.2) is 0 Å². The molecule has 0 saturated carbocycles. The second-order valence-electron chi connectivity index (χ2n) is 4.52. The van der Waals surface area contributed by atoms with Crippen molar-refractivity contribution in [2.75, 3.05) is 50.7 Å². The predicted molar refractivity (Wildman–Crippen MR) is 82.1 cm³/mol. The van der Waals surface area contributed by atoms with Crippen LogP contribution in [0, 0.1) is 0 Å². The quantitative estimate of drug-likeness (QED) is 0.379. The van der Waals surface area contributed by atoms with Crippen LogP contribution in [0.1, 0.15) is 10.4 Å². The lowest BCUT2D eigenvalue weighted by Crippen LogP contribution is -2.39. The van der Waals surface area contributed by atoms with Crippen LogP contribution in [-0.4, -0.2) is 50.1 Å². The third-order valence-electron chi connectivity index (χ3n) is 2.95. The third kappa shape index (κ3) is 5.04. The van der Waals surface area contributed by atoms with Crippen molar-refractivity contribution in [3.8, 4) is 0 Å². The third-order valence-corrected chi connectivity index (χ3v) is 2.95. The second-order valence-corrected chi connectivity index (χ2v) is 4.52. The first kappa shape index (κ1) is 16.2. The molecule has 20 heavy (non-hydrogen) atoms. The molecule has 0 aliphatic rings. The maximum Gasteiger partial charge on any atom is 0.251 e. The first-order chi connectivity index (χ1) is 9.58. The summed E-state index contributed by atoms with van der Waals surface area (Å²) in [4.78, 5) is 14.0. The van der Waals surface area contributed by atoms with E-state index in [-0.39, 0.29) is 5.91 Å². The molecule has 1 aromatic rings. The van der Waals surface area contributed by atoms with Crippen LogP contribution in [0.4, 0.5) is 11.4 Å². The van der Waals surface area contributed by atoms with E-state index >= 15 is 0 Å². The molecule has 0 radical (unpaired) electrons. The van der Waals surface area contributed by atoms with E-state index in [0.29, 0.717) is 43.1 Å². The SMILES string of the molecule is NCCN(CCN)CCNC(=O)c1ccc(N)c(N)c1. The summed E-state index contributed by atoms with van der Waals surface area (Å²) in [5.74, 6) is -0.169. The molecule has 0 spiro atoms. The van der Waals surface area contributed by atoms with Gasteiger partial charge in [-0.1, -0.05) is 0 Å². The van der Waals surface area contributed by atoms with Crippen molar-refractivity contribution in [1.82, 2.24) is 10.2 Å². The van der Waals surface area contributed by atoms with E-state index in [4.69, 9.17) is 22.9 Å². The molecule has 0 aromatic heterocycles. The average molecular weight is 280 g/mol. The fraction of sp³-hybridized carbons (Fsp3) is 0.462. The summed E-state index contributed by atoms with van der Waals surface area (Å²) in [7, 11) is 0. The molecule has 1 aromatic carbocycles. The molecule has 1 rings (SSSR count). The summed E-state index contributed by atoms with van der Waals surface area (Å²) in [6, 6.07) is 4.85. The minimum atomic E-state index is -0.169. The molecule has 0 saturated heterocycles. The largest absolute Gasteiger partial charge is 0.397 e. The molecule has 0 atom stereocenters. The van der Waals surface area contributed by atoms with Gasteiger partial charge in [-0.05, 0) is 18.2 Å². The van der Waals surface area contributed by atoms with Crippen LogP contribution in [0.25, 0.3) is 0 Å². The van der Waals surface area contributed by atoms with Crippen LogP contribution in [0.5, 0.6) is 0 Å². The van der Waals surface area contributed by atoms with Crippen molar-refractivity contribution >= 4 is 17.3 Å². The summed E-state index contributed by atoms with van der Waals surface area (Å²) in [5, 5.41) is 2.83. The van der Waals surface area contributed by atoms with Gasteiger partial charge in [-0.2, -0.15) is 0 Å². The van der Waals surface area contributed by atoms with E-state index in [2.05, 4.69) is 10.2 Å². The molecule has 0 bridgehead atoms.